The quantitative estimate of drug-likeness (QED) is 0.613. The highest BCUT2D eigenvalue weighted by Gasteiger charge is 2.28. The zero-order valence-electron chi connectivity index (χ0n) is 18.3. The van der Waals surface area contributed by atoms with Crippen LogP contribution >= 0.6 is 0 Å². The van der Waals surface area contributed by atoms with Gasteiger partial charge in [-0.1, -0.05) is 19.1 Å². The molecule has 1 aliphatic heterocycles. The Morgan fingerprint density at radius 3 is 2.63 bits per heavy atom. The highest BCUT2D eigenvalue weighted by atomic mass is 19.1. The van der Waals surface area contributed by atoms with Gasteiger partial charge in [0.05, 0.1) is 12.7 Å². The van der Waals surface area contributed by atoms with E-state index in [9.17, 15) is 9.18 Å². The topological polar surface area (TPSA) is 58.6 Å². The lowest BCUT2D eigenvalue weighted by Crippen LogP contribution is -2.28. The molecule has 0 N–H and O–H groups in total. The van der Waals surface area contributed by atoms with E-state index in [1.54, 1.807) is 6.92 Å². The Balaban J connectivity index is 1.63. The van der Waals surface area contributed by atoms with Gasteiger partial charge in [-0.25, -0.2) is 9.37 Å². The second kappa shape index (κ2) is 9.87. The fourth-order valence-corrected chi connectivity index (χ4v) is 3.86. The van der Waals surface area contributed by atoms with Crippen LogP contribution in [0.15, 0.2) is 30.5 Å². The molecule has 3 rings (SSSR count). The molecule has 2 aromatic rings. The lowest BCUT2D eigenvalue weighted by Gasteiger charge is -2.22. The highest BCUT2D eigenvalue weighted by molar-refractivity contribution is 5.76. The van der Waals surface area contributed by atoms with Crippen LogP contribution in [0.4, 0.5) is 16.2 Å². The van der Waals surface area contributed by atoms with Crippen LogP contribution in [0.1, 0.15) is 52.0 Å². The summed E-state index contributed by atoms with van der Waals surface area (Å²) < 4.78 is 20.5. The third kappa shape index (κ3) is 5.26. The third-order valence-electron chi connectivity index (χ3n) is 5.55. The summed E-state index contributed by atoms with van der Waals surface area (Å²) in [7, 11) is 0. The van der Waals surface area contributed by atoms with E-state index in [2.05, 4.69) is 16.9 Å². The van der Waals surface area contributed by atoms with Crippen LogP contribution in [-0.4, -0.2) is 48.0 Å². The van der Waals surface area contributed by atoms with Crippen molar-refractivity contribution in [1.82, 2.24) is 9.97 Å². The lowest BCUT2D eigenvalue weighted by molar-refractivity contribution is -0.117. The van der Waals surface area contributed by atoms with Crippen molar-refractivity contribution >= 4 is 17.5 Å². The number of anilines is 2. The van der Waals surface area contributed by atoms with Crippen molar-refractivity contribution in [1.29, 1.82) is 0 Å². The molecule has 1 aromatic heterocycles. The van der Waals surface area contributed by atoms with Crippen molar-refractivity contribution in [2.75, 3.05) is 36.0 Å². The largest absolute Gasteiger partial charge is 0.489 e. The Labute approximate surface area is 178 Å². The number of nitrogens with zero attached hydrogens (tertiary/aromatic N) is 4. The van der Waals surface area contributed by atoms with Gasteiger partial charge in [0, 0.05) is 32.5 Å². The second-order valence-electron chi connectivity index (χ2n) is 7.86. The van der Waals surface area contributed by atoms with Gasteiger partial charge in [-0.3, -0.25) is 0 Å². The molecule has 0 bridgehead atoms. The van der Waals surface area contributed by atoms with Gasteiger partial charge in [0.25, 0.3) is 0 Å². The minimum Gasteiger partial charge on any atom is -0.489 e. The summed E-state index contributed by atoms with van der Waals surface area (Å²) in [6.07, 6.45) is 2.56. The molecule has 0 radical (unpaired) electrons. The molecule has 7 heteroatoms. The van der Waals surface area contributed by atoms with Crippen molar-refractivity contribution in [2.45, 2.75) is 52.6 Å². The Hall–Kier alpha value is -2.70. The molecule has 0 unspecified atom stereocenters. The molecule has 1 fully saturated rings. The summed E-state index contributed by atoms with van der Waals surface area (Å²) in [5.74, 6) is 1.65. The van der Waals surface area contributed by atoms with E-state index in [-0.39, 0.29) is 17.8 Å². The fraction of sp³-hybridized carbons (Fsp3) is 0.522. The maximum Gasteiger partial charge on any atom is 0.227 e. The molecule has 2 heterocycles. The van der Waals surface area contributed by atoms with Crippen LogP contribution in [0.5, 0.6) is 5.75 Å². The highest BCUT2D eigenvalue weighted by Crippen LogP contribution is 2.27. The van der Waals surface area contributed by atoms with Crippen LogP contribution in [0, 0.1) is 5.82 Å². The fourth-order valence-electron chi connectivity index (χ4n) is 3.86. The predicted molar refractivity (Wildman–Crippen MR) is 117 cm³/mol. The maximum absolute atomic E-state index is 14.4. The van der Waals surface area contributed by atoms with E-state index >= 15 is 0 Å². The smallest absolute Gasteiger partial charge is 0.227 e. The number of ketones is 1. The number of hydrogen-bond acceptors (Lipinski definition) is 6. The Kier molecular flexibility index (Phi) is 7.24. The first-order chi connectivity index (χ1) is 14.4. The first kappa shape index (κ1) is 22.0. The zero-order valence-corrected chi connectivity index (χ0v) is 18.3. The van der Waals surface area contributed by atoms with E-state index in [1.165, 1.54) is 6.20 Å². The molecular formula is C23H31FN4O2. The van der Waals surface area contributed by atoms with E-state index in [4.69, 9.17) is 4.74 Å². The number of Topliss-reactive ketones (excluding diaryl/α,β-unsaturated/α-hetero) is 1. The van der Waals surface area contributed by atoms with E-state index in [0.717, 1.165) is 30.8 Å². The van der Waals surface area contributed by atoms with Gasteiger partial charge >= 0.3 is 0 Å². The second-order valence-corrected chi connectivity index (χ2v) is 7.86. The SMILES string of the molecule is CCN(CC)c1ncc(F)c(N2CC[C@@H](Oc3ccc([C@H](C)CC(C)=O)cc3)C2)n1. The standard InChI is InChI=1S/C23H31FN4O2/c1-5-27(6-2)23-25-14-21(24)22(26-23)28-12-11-20(15-28)30-19-9-7-18(8-10-19)16(3)13-17(4)29/h7-10,14,16,20H,5-6,11-13,15H2,1-4H3/t16-,20-/m1/s1. The third-order valence-corrected chi connectivity index (χ3v) is 5.55. The molecule has 0 aliphatic carbocycles. The Morgan fingerprint density at radius 2 is 2.00 bits per heavy atom. The molecule has 0 spiro atoms. The van der Waals surface area contributed by atoms with Crippen molar-refractivity contribution in [2.24, 2.45) is 0 Å². The first-order valence-corrected chi connectivity index (χ1v) is 10.7. The molecule has 30 heavy (non-hydrogen) atoms. The van der Waals surface area contributed by atoms with E-state index in [0.29, 0.717) is 31.3 Å². The summed E-state index contributed by atoms with van der Waals surface area (Å²) >= 11 is 0. The molecule has 2 atom stereocenters. The summed E-state index contributed by atoms with van der Waals surface area (Å²) in [6.45, 7) is 10.5. The van der Waals surface area contributed by atoms with Crippen molar-refractivity contribution in [3.05, 3.63) is 41.8 Å². The van der Waals surface area contributed by atoms with Crippen LogP contribution in [0.25, 0.3) is 0 Å². The summed E-state index contributed by atoms with van der Waals surface area (Å²) in [6, 6.07) is 7.91. The molecule has 0 amide bonds. The average molecular weight is 415 g/mol. The number of halogens is 1. The zero-order chi connectivity index (χ0) is 21.7. The summed E-state index contributed by atoms with van der Waals surface area (Å²) in [5.41, 5.74) is 1.12. The Morgan fingerprint density at radius 1 is 1.30 bits per heavy atom. The van der Waals surface area contributed by atoms with Gasteiger partial charge in [-0.05, 0) is 44.4 Å². The number of aromatic nitrogens is 2. The van der Waals surface area contributed by atoms with Crippen LogP contribution in [0.2, 0.25) is 0 Å². The molecule has 162 valence electrons. The molecule has 1 aliphatic rings. The molecule has 1 saturated heterocycles. The lowest BCUT2D eigenvalue weighted by atomic mass is 9.96. The van der Waals surface area contributed by atoms with E-state index < -0.39 is 5.82 Å². The number of carbonyl (C=O) groups excluding carboxylic acids is 1. The average Bonchev–Trinajstić information content (AvgIpc) is 3.18. The van der Waals surface area contributed by atoms with Crippen molar-refractivity contribution in [3.63, 3.8) is 0 Å². The van der Waals surface area contributed by atoms with Gasteiger partial charge in [0.15, 0.2) is 11.6 Å². The molecule has 1 aromatic carbocycles. The van der Waals surface area contributed by atoms with Crippen molar-refractivity contribution in [3.8, 4) is 5.75 Å². The van der Waals surface area contributed by atoms with Gasteiger partial charge in [0.1, 0.15) is 17.6 Å². The minimum absolute atomic E-state index is 0.0308. The molecular weight excluding hydrogens is 383 g/mol. The number of benzene rings is 1. The monoisotopic (exact) mass is 414 g/mol. The van der Waals surface area contributed by atoms with Gasteiger partial charge in [-0.15, -0.1) is 0 Å². The first-order valence-electron chi connectivity index (χ1n) is 10.7. The number of hydrogen-bond donors (Lipinski definition) is 0. The number of ether oxygens (including phenoxy) is 1. The van der Waals surface area contributed by atoms with Gasteiger partial charge < -0.3 is 19.3 Å². The van der Waals surface area contributed by atoms with Crippen molar-refractivity contribution < 1.29 is 13.9 Å². The molecule has 6 nitrogen and oxygen atoms in total. The van der Waals surface area contributed by atoms with Crippen LogP contribution < -0.4 is 14.5 Å². The van der Waals surface area contributed by atoms with Crippen LogP contribution in [0.3, 0.4) is 0 Å². The predicted octanol–water partition coefficient (Wildman–Crippen LogP) is 4.20. The van der Waals surface area contributed by atoms with E-state index in [1.807, 2.05) is 47.9 Å². The molecule has 0 saturated carbocycles. The number of rotatable bonds is 9. The summed E-state index contributed by atoms with van der Waals surface area (Å²) in [5, 5.41) is 0. The Bertz CT molecular complexity index is 855. The normalized spacial score (nSPS) is 17.1. The van der Waals surface area contributed by atoms with Gasteiger partial charge in [-0.2, -0.15) is 4.98 Å². The summed E-state index contributed by atoms with van der Waals surface area (Å²) in [4.78, 5) is 23.9. The number of carbonyl (C=O) groups is 1. The van der Waals surface area contributed by atoms with Gasteiger partial charge in [0.2, 0.25) is 5.95 Å². The maximum atomic E-state index is 14.4. The minimum atomic E-state index is -0.407. The van der Waals surface area contributed by atoms with Crippen LogP contribution in [-0.2, 0) is 4.79 Å².